The first kappa shape index (κ1) is 14.6. The molecule has 1 atom stereocenters. The van der Waals surface area contributed by atoms with E-state index in [0.29, 0.717) is 11.4 Å². The van der Waals surface area contributed by atoms with Crippen molar-refractivity contribution in [2.75, 3.05) is 0 Å². The predicted octanol–water partition coefficient (Wildman–Crippen LogP) is 4.02. The number of halogens is 1. The van der Waals surface area contributed by atoms with E-state index < -0.39 is 5.97 Å². The molecule has 2 aromatic carbocycles. The maximum Gasteiger partial charge on any atom is 0.303 e. The minimum Gasteiger partial charge on any atom is -0.481 e. The van der Waals surface area contributed by atoms with E-state index >= 15 is 0 Å². The first-order valence-electron chi connectivity index (χ1n) is 7.02. The number of hydrogen-bond donors (Lipinski definition) is 2. The van der Waals surface area contributed by atoms with Crippen LogP contribution in [0.4, 0.5) is 0 Å². The fourth-order valence-electron chi connectivity index (χ4n) is 2.59. The Morgan fingerprint density at radius 2 is 1.91 bits per heavy atom. The van der Waals surface area contributed by atoms with Crippen molar-refractivity contribution in [3.05, 3.63) is 64.9 Å². The molecule has 0 aliphatic carbocycles. The molecule has 1 unspecified atom stereocenters. The fourth-order valence-corrected chi connectivity index (χ4v) is 2.72. The third-order valence-corrected chi connectivity index (χ3v) is 3.89. The molecular formula is C17H15ClN2O2. The summed E-state index contributed by atoms with van der Waals surface area (Å²) in [6.07, 6.45) is 0.599. The number of nitrogens with one attached hydrogen (secondary N) is 1. The second-order valence-electron chi connectivity index (χ2n) is 5.25. The van der Waals surface area contributed by atoms with E-state index in [-0.39, 0.29) is 12.3 Å². The molecule has 1 heterocycles. The molecule has 0 saturated carbocycles. The zero-order valence-corrected chi connectivity index (χ0v) is 12.5. The van der Waals surface area contributed by atoms with Gasteiger partial charge < -0.3 is 10.1 Å². The van der Waals surface area contributed by atoms with Crippen molar-refractivity contribution < 1.29 is 9.90 Å². The highest BCUT2D eigenvalue weighted by Gasteiger charge is 2.18. The monoisotopic (exact) mass is 314 g/mol. The van der Waals surface area contributed by atoms with Gasteiger partial charge in [0.15, 0.2) is 0 Å². The Hall–Kier alpha value is -2.33. The van der Waals surface area contributed by atoms with Gasteiger partial charge in [0.25, 0.3) is 0 Å². The number of para-hydroxylation sites is 2. The van der Waals surface area contributed by atoms with Crippen molar-refractivity contribution in [3.63, 3.8) is 0 Å². The Morgan fingerprint density at radius 1 is 1.18 bits per heavy atom. The molecular weight excluding hydrogens is 300 g/mol. The van der Waals surface area contributed by atoms with Crippen LogP contribution in [-0.2, 0) is 11.2 Å². The summed E-state index contributed by atoms with van der Waals surface area (Å²) in [5, 5.41) is 9.80. The van der Waals surface area contributed by atoms with E-state index in [2.05, 4.69) is 9.97 Å². The summed E-state index contributed by atoms with van der Waals surface area (Å²) >= 11 is 5.90. The van der Waals surface area contributed by atoms with Gasteiger partial charge >= 0.3 is 5.97 Å². The Morgan fingerprint density at radius 3 is 2.59 bits per heavy atom. The lowest BCUT2D eigenvalue weighted by Crippen LogP contribution is -2.10. The van der Waals surface area contributed by atoms with Crippen LogP contribution in [0.2, 0.25) is 5.02 Å². The van der Waals surface area contributed by atoms with Gasteiger partial charge in [-0.25, -0.2) is 4.98 Å². The molecule has 0 amide bonds. The summed E-state index contributed by atoms with van der Waals surface area (Å²) < 4.78 is 0. The highest BCUT2D eigenvalue weighted by atomic mass is 35.5. The zero-order valence-electron chi connectivity index (χ0n) is 11.8. The molecule has 5 heteroatoms. The highest BCUT2D eigenvalue weighted by Crippen LogP contribution is 2.26. The summed E-state index contributed by atoms with van der Waals surface area (Å²) in [7, 11) is 0. The molecule has 0 fully saturated rings. The third-order valence-electron chi connectivity index (χ3n) is 3.64. The molecule has 22 heavy (non-hydrogen) atoms. The van der Waals surface area contributed by atoms with Gasteiger partial charge in [-0.15, -0.1) is 0 Å². The number of benzene rings is 2. The predicted molar refractivity (Wildman–Crippen MR) is 86.2 cm³/mol. The number of hydrogen-bond acceptors (Lipinski definition) is 2. The van der Waals surface area contributed by atoms with Crippen molar-refractivity contribution >= 4 is 28.6 Å². The van der Waals surface area contributed by atoms with Crippen molar-refractivity contribution in [1.82, 2.24) is 9.97 Å². The minimum absolute atomic E-state index is 0.0542. The number of carbonyl (C=O) groups is 1. The van der Waals surface area contributed by atoms with Gasteiger partial charge in [-0.05, 0) is 29.8 Å². The van der Waals surface area contributed by atoms with Gasteiger partial charge in [0.1, 0.15) is 5.82 Å². The number of aliphatic carboxylic acids is 1. The Bertz CT molecular complexity index is 763. The second-order valence-corrected chi connectivity index (χ2v) is 5.69. The quantitative estimate of drug-likeness (QED) is 0.747. The van der Waals surface area contributed by atoms with Crippen molar-refractivity contribution in [2.45, 2.75) is 18.8 Å². The van der Waals surface area contributed by atoms with Gasteiger partial charge in [-0.3, -0.25) is 4.79 Å². The highest BCUT2D eigenvalue weighted by molar-refractivity contribution is 6.30. The standard InChI is InChI=1S/C17H15ClN2O2/c18-13-7-5-11(6-8-13)12(10-17(21)22)9-16-19-14-3-1-2-4-15(14)20-16/h1-8,12H,9-10H2,(H,19,20)(H,21,22). The first-order chi connectivity index (χ1) is 10.6. The molecule has 0 aliphatic heterocycles. The molecule has 3 aromatic rings. The number of nitrogens with zero attached hydrogens (tertiary/aromatic N) is 1. The van der Waals surface area contributed by atoms with E-state index in [0.717, 1.165) is 22.4 Å². The van der Waals surface area contributed by atoms with Crippen LogP contribution in [0.1, 0.15) is 23.7 Å². The van der Waals surface area contributed by atoms with Crippen molar-refractivity contribution in [1.29, 1.82) is 0 Å². The van der Waals surface area contributed by atoms with E-state index in [4.69, 9.17) is 16.7 Å². The van der Waals surface area contributed by atoms with Crippen molar-refractivity contribution in [3.8, 4) is 0 Å². The van der Waals surface area contributed by atoms with Crippen LogP contribution < -0.4 is 0 Å². The number of carboxylic acid groups (broad SMARTS) is 1. The molecule has 0 aliphatic rings. The van der Waals surface area contributed by atoms with Crippen LogP contribution in [0.3, 0.4) is 0 Å². The molecule has 4 nitrogen and oxygen atoms in total. The smallest absolute Gasteiger partial charge is 0.303 e. The van der Waals surface area contributed by atoms with Crippen LogP contribution in [-0.4, -0.2) is 21.0 Å². The van der Waals surface area contributed by atoms with Gasteiger partial charge in [0.05, 0.1) is 17.5 Å². The summed E-state index contributed by atoms with van der Waals surface area (Å²) in [5.41, 5.74) is 2.80. The van der Waals surface area contributed by atoms with Gasteiger partial charge in [0, 0.05) is 17.4 Å². The Labute approximate surface area is 132 Å². The number of H-pyrrole nitrogens is 1. The summed E-state index contributed by atoms with van der Waals surface area (Å²) in [6, 6.07) is 15.1. The maximum absolute atomic E-state index is 11.2. The lowest BCUT2D eigenvalue weighted by Gasteiger charge is -2.14. The van der Waals surface area contributed by atoms with Crippen LogP contribution in [0, 0.1) is 0 Å². The average molecular weight is 315 g/mol. The molecule has 0 spiro atoms. The largest absolute Gasteiger partial charge is 0.481 e. The van der Waals surface area contributed by atoms with Crippen molar-refractivity contribution in [2.24, 2.45) is 0 Å². The Balaban J connectivity index is 1.88. The normalized spacial score (nSPS) is 12.4. The summed E-state index contributed by atoms with van der Waals surface area (Å²) in [6.45, 7) is 0. The second kappa shape index (κ2) is 6.20. The molecule has 0 saturated heterocycles. The average Bonchev–Trinajstić information content (AvgIpc) is 2.89. The van der Waals surface area contributed by atoms with E-state index in [9.17, 15) is 4.79 Å². The third kappa shape index (κ3) is 3.28. The van der Waals surface area contributed by atoms with Gasteiger partial charge in [-0.2, -0.15) is 0 Å². The van der Waals surface area contributed by atoms with E-state index in [1.165, 1.54) is 0 Å². The molecule has 2 N–H and O–H groups in total. The van der Waals surface area contributed by atoms with Gasteiger partial charge in [0.2, 0.25) is 0 Å². The number of aromatic nitrogens is 2. The summed E-state index contributed by atoms with van der Waals surface area (Å²) in [5.74, 6) is -0.172. The molecule has 3 rings (SSSR count). The first-order valence-corrected chi connectivity index (χ1v) is 7.40. The number of rotatable bonds is 5. The maximum atomic E-state index is 11.2. The minimum atomic E-state index is -0.823. The molecule has 0 radical (unpaired) electrons. The SMILES string of the molecule is O=C(O)CC(Cc1nc2ccccc2[nH]1)c1ccc(Cl)cc1. The number of carboxylic acids is 1. The van der Waals surface area contributed by atoms with Crippen LogP contribution in [0.25, 0.3) is 11.0 Å². The summed E-state index contributed by atoms with van der Waals surface area (Å²) in [4.78, 5) is 18.9. The number of aromatic amines is 1. The Kier molecular flexibility index (Phi) is 4.11. The lowest BCUT2D eigenvalue weighted by atomic mass is 9.92. The van der Waals surface area contributed by atoms with Crippen LogP contribution in [0.5, 0.6) is 0 Å². The molecule has 0 bridgehead atoms. The molecule has 112 valence electrons. The van der Waals surface area contributed by atoms with E-state index in [1.54, 1.807) is 12.1 Å². The van der Waals surface area contributed by atoms with E-state index in [1.807, 2.05) is 36.4 Å². The topological polar surface area (TPSA) is 66.0 Å². The lowest BCUT2D eigenvalue weighted by molar-refractivity contribution is -0.137. The number of imidazole rings is 1. The fraction of sp³-hybridized carbons (Fsp3) is 0.176. The van der Waals surface area contributed by atoms with Gasteiger partial charge in [-0.1, -0.05) is 35.9 Å². The van der Waals surface area contributed by atoms with Crippen LogP contribution in [0.15, 0.2) is 48.5 Å². The number of fused-ring (bicyclic) bond motifs is 1. The van der Waals surface area contributed by atoms with Crippen LogP contribution >= 0.6 is 11.6 Å². The zero-order chi connectivity index (χ0) is 15.5. The molecule has 1 aromatic heterocycles.